The molecule has 1 atom stereocenters. The van der Waals surface area contributed by atoms with Gasteiger partial charge >= 0.3 is 0 Å². The number of halogens is 1. The average Bonchev–Trinajstić information content (AvgIpc) is 2.73. The number of allylic oxidation sites excluding steroid dienone is 1. The molecule has 1 heterocycles. The van der Waals surface area contributed by atoms with E-state index < -0.39 is 5.54 Å². The zero-order valence-corrected chi connectivity index (χ0v) is 13.4. The van der Waals surface area contributed by atoms with E-state index in [2.05, 4.69) is 11.1 Å². The predicted octanol–water partition coefficient (Wildman–Crippen LogP) is 3.21. The van der Waals surface area contributed by atoms with Crippen molar-refractivity contribution in [1.29, 1.82) is 0 Å². The third-order valence-electron chi connectivity index (χ3n) is 4.48. The standard InChI is InChI=1S/C17H20ClN3O/c1-21-15(22)17(20-16(21)19,11-12-6-3-2-4-7-12)13-8-5-9-14(18)10-13/h5-6,8-10H,2-4,7,11H2,1H3,(H2,19,20). The van der Waals surface area contributed by atoms with E-state index in [-0.39, 0.29) is 11.9 Å². The second-order valence-electron chi connectivity index (χ2n) is 5.99. The van der Waals surface area contributed by atoms with Crippen LogP contribution >= 0.6 is 11.6 Å². The van der Waals surface area contributed by atoms with Crippen molar-refractivity contribution < 1.29 is 4.79 Å². The van der Waals surface area contributed by atoms with Crippen LogP contribution in [0.4, 0.5) is 0 Å². The largest absolute Gasteiger partial charge is 0.369 e. The Hall–Kier alpha value is -1.81. The average molecular weight is 318 g/mol. The Bertz CT molecular complexity index is 668. The number of nitrogens with zero attached hydrogens (tertiary/aromatic N) is 2. The maximum Gasteiger partial charge on any atom is 0.262 e. The monoisotopic (exact) mass is 317 g/mol. The molecule has 0 spiro atoms. The second kappa shape index (κ2) is 5.76. The van der Waals surface area contributed by atoms with E-state index in [1.807, 2.05) is 18.2 Å². The molecule has 22 heavy (non-hydrogen) atoms. The fraction of sp³-hybridized carbons (Fsp3) is 0.412. The second-order valence-corrected chi connectivity index (χ2v) is 6.43. The molecule has 1 aliphatic carbocycles. The quantitative estimate of drug-likeness (QED) is 0.870. The molecule has 0 radical (unpaired) electrons. The van der Waals surface area contributed by atoms with Crippen LogP contribution in [0, 0.1) is 0 Å². The van der Waals surface area contributed by atoms with Crippen LogP contribution in [0.1, 0.15) is 37.7 Å². The van der Waals surface area contributed by atoms with Crippen LogP contribution in [0.3, 0.4) is 0 Å². The molecule has 0 saturated heterocycles. The molecule has 2 N–H and O–H groups in total. The summed E-state index contributed by atoms with van der Waals surface area (Å²) in [5.41, 5.74) is 7.05. The zero-order chi connectivity index (χ0) is 15.7. The number of likely N-dealkylation sites (N-methyl/N-ethyl adjacent to an activating group) is 1. The summed E-state index contributed by atoms with van der Waals surface area (Å²) in [5.74, 6) is 0.181. The molecule has 2 aliphatic rings. The lowest BCUT2D eigenvalue weighted by atomic mass is 9.81. The van der Waals surface area contributed by atoms with Gasteiger partial charge in [-0.2, -0.15) is 0 Å². The molecule has 116 valence electrons. The summed E-state index contributed by atoms with van der Waals surface area (Å²) in [5, 5.41) is 0.602. The molecule has 1 unspecified atom stereocenters. The van der Waals surface area contributed by atoms with Crippen LogP contribution in [-0.2, 0) is 10.3 Å². The van der Waals surface area contributed by atoms with Gasteiger partial charge in [0.25, 0.3) is 5.91 Å². The number of amides is 1. The van der Waals surface area contributed by atoms with Gasteiger partial charge in [0.15, 0.2) is 11.5 Å². The van der Waals surface area contributed by atoms with Crippen LogP contribution in [0.15, 0.2) is 40.9 Å². The van der Waals surface area contributed by atoms with Crippen LogP contribution < -0.4 is 5.73 Å². The molecule has 1 aliphatic heterocycles. The number of carbonyl (C=O) groups is 1. The lowest BCUT2D eigenvalue weighted by molar-refractivity contribution is -0.130. The van der Waals surface area contributed by atoms with Gasteiger partial charge in [0.05, 0.1) is 0 Å². The number of carbonyl (C=O) groups excluding carboxylic acids is 1. The molecule has 5 heteroatoms. The fourth-order valence-electron chi connectivity index (χ4n) is 3.24. The van der Waals surface area contributed by atoms with Gasteiger partial charge in [0.2, 0.25) is 0 Å². The van der Waals surface area contributed by atoms with Crippen molar-refractivity contribution in [2.24, 2.45) is 10.7 Å². The summed E-state index contributed by atoms with van der Waals surface area (Å²) in [6, 6.07) is 7.38. The maximum absolute atomic E-state index is 12.9. The highest BCUT2D eigenvalue weighted by Crippen LogP contribution is 2.40. The normalized spacial score (nSPS) is 25.2. The summed E-state index contributed by atoms with van der Waals surface area (Å²) < 4.78 is 0. The van der Waals surface area contributed by atoms with Crippen molar-refractivity contribution in [2.45, 2.75) is 37.6 Å². The van der Waals surface area contributed by atoms with Crippen molar-refractivity contribution in [3.8, 4) is 0 Å². The topological polar surface area (TPSA) is 58.7 Å². The first-order valence-corrected chi connectivity index (χ1v) is 7.98. The van der Waals surface area contributed by atoms with Gasteiger partial charge < -0.3 is 5.73 Å². The molecule has 0 fully saturated rings. The Balaban J connectivity index is 2.07. The number of aliphatic imine (C=N–C) groups is 1. The molecule has 3 rings (SSSR count). The fourth-order valence-corrected chi connectivity index (χ4v) is 3.43. The van der Waals surface area contributed by atoms with E-state index in [4.69, 9.17) is 17.3 Å². The Morgan fingerprint density at radius 1 is 1.41 bits per heavy atom. The molecule has 4 nitrogen and oxygen atoms in total. The lowest BCUT2D eigenvalue weighted by Gasteiger charge is -2.28. The Morgan fingerprint density at radius 2 is 2.23 bits per heavy atom. The third-order valence-corrected chi connectivity index (χ3v) is 4.71. The first kappa shape index (κ1) is 15.1. The van der Waals surface area contributed by atoms with Crippen molar-refractivity contribution >= 4 is 23.5 Å². The van der Waals surface area contributed by atoms with Crippen LogP contribution in [0.5, 0.6) is 0 Å². The van der Waals surface area contributed by atoms with Crippen molar-refractivity contribution in [2.75, 3.05) is 7.05 Å². The van der Waals surface area contributed by atoms with Gasteiger partial charge in [-0.05, 0) is 43.4 Å². The number of nitrogens with two attached hydrogens (primary N) is 1. The minimum atomic E-state index is -0.965. The Kier molecular flexibility index (Phi) is 3.96. The first-order valence-electron chi connectivity index (χ1n) is 7.60. The van der Waals surface area contributed by atoms with E-state index in [0.717, 1.165) is 18.4 Å². The number of guanidine groups is 1. The van der Waals surface area contributed by atoms with Gasteiger partial charge in [-0.1, -0.05) is 35.4 Å². The number of hydrogen-bond acceptors (Lipinski definition) is 3. The lowest BCUT2D eigenvalue weighted by Crippen LogP contribution is -2.40. The summed E-state index contributed by atoms with van der Waals surface area (Å²) >= 11 is 6.13. The molecular formula is C17H20ClN3O. The molecule has 1 aromatic carbocycles. The highest BCUT2D eigenvalue weighted by molar-refractivity contribution is 6.30. The summed E-state index contributed by atoms with van der Waals surface area (Å²) in [6.45, 7) is 0. The van der Waals surface area contributed by atoms with Crippen molar-refractivity contribution in [3.63, 3.8) is 0 Å². The van der Waals surface area contributed by atoms with E-state index >= 15 is 0 Å². The summed E-state index contributed by atoms with van der Waals surface area (Å²) in [6.07, 6.45) is 7.30. The maximum atomic E-state index is 12.9. The van der Waals surface area contributed by atoms with E-state index in [1.54, 1.807) is 13.1 Å². The SMILES string of the molecule is CN1C(=O)C(CC2=CCCCC2)(c2cccc(Cl)c2)N=C1N. The molecular weight excluding hydrogens is 298 g/mol. The Labute approximate surface area is 135 Å². The number of benzene rings is 1. The van der Waals surface area contributed by atoms with Gasteiger partial charge in [-0.3, -0.25) is 9.69 Å². The third kappa shape index (κ3) is 2.52. The van der Waals surface area contributed by atoms with Crippen LogP contribution in [-0.4, -0.2) is 23.8 Å². The smallest absolute Gasteiger partial charge is 0.262 e. The molecule has 0 bridgehead atoms. The van der Waals surface area contributed by atoms with Crippen LogP contribution in [0.2, 0.25) is 5.02 Å². The first-order chi connectivity index (χ1) is 10.5. The minimum absolute atomic E-state index is 0.0845. The van der Waals surface area contributed by atoms with E-state index in [9.17, 15) is 4.79 Å². The van der Waals surface area contributed by atoms with Gasteiger partial charge in [0, 0.05) is 18.5 Å². The molecule has 0 aromatic heterocycles. The zero-order valence-electron chi connectivity index (χ0n) is 12.7. The molecule has 1 aromatic rings. The van der Waals surface area contributed by atoms with Gasteiger partial charge in [0.1, 0.15) is 0 Å². The van der Waals surface area contributed by atoms with Crippen molar-refractivity contribution in [3.05, 3.63) is 46.5 Å². The highest BCUT2D eigenvalue weighted by Gasteiger charge is 2.48. The van der Waals surface area contributed by atoms with Crippen molar-refractivity contribution in [1.82, 2.24) is 4.90 Å². The minimum Gasteiger partial charge on any atom is -0.369 e. The van der Waals surface area contributed by atoms with Gasteiger partial charge in [-0.25, -0.2) is 4.99 Å². The molecule has 1 amide bonds. The highest BCUT2D eigenvalue weighted by atomic mass is 35.5. The van der Waals surface area contributed by atoms with E-state index in [0.29, 0.717) is 11.4 Å². The predicted molar refractivity (Wildman–Crippen MR) is 88.7 cm³/mol. The molecule has 0 saturated carbocycles. The Morgan fingerprint density at radius 3 is 2.82 bits per heavy atom. The van der Waals surface area contributed by atoms with Gasteiger partial charge in [-0.15, -0.1) is 0 Å². The summed E-state index contributed by atoms with van der Waals surface area (Å²) in [4.78, 5) is 18.9. The number of rotatable bonds is 3. The van der Waals surface area contributed by atoms with E-state index in [1.165, 1.54) is 23.3 Å². The van der Waals surface area contributed by atoms with Crippen LogP contribution in [0.25, 0.3) is 0 Å². The number of hydrogen-bond donors (Lipinski definition) is 1. The summed E-state index contributed by atoms with van der Waals surface area (Å²) in [7, 11) is 1.67.